The zero-order valence-corrected chi connectivity index (χ0v) is 21.2. The normalized spacial score (nSPS) is 15.5. The molecular formula is C27H29ClN2O3S. The zero-order chi connectivity index (χ0) is 24.3. The van der Waals surface area contributed by atoms with Gasteiger partial charge in [0.25, 0.3) is 5.91 Å². The first-order valence-electron chi connectivity index (χ1n) is 11.3. The van der Waals surface area contributed by atoms with Gasteiger partial charge in [0.1, 0.15) is 12.3 Å². The van der Waals surface area contributed by atoms with E-state index in [1.807, 2.05) is 43.9 Å². The molecule has 0 spiro atoms. The highest BCUT2D eigenvalue weighted by Crippen LogP contribution is 2.38. The van der Waals surface area contributed by atoms with E-state index in [9.17, 15) is 9.59 Å². The summed E-state index contributed by atoms with van der Waals surface area (Å²) in [7, 11) is 0. The lowest BCUT2D eigenvalue weighted by Crippen LogP contribution is -2.53. The van der Waals surface area contributed by atoms with Gasteiger partial charge in [0.2, 0.25) is 5.91 Å². The standard InChI is InChI=1S/C27H29ClN2O3S/c1-27(2,3)30(25(32)18-33-21-11-9-20(28)10-12-21)17-24(31)29-15-13-23-22(14-16-34-23)26(29)19-7-5-4-6-8-19/h4-12,14,16,26H,13,15,17-18H2,1-3H3. The number of hydrogen-bond acceptors (Lipinski definition) is 4. The Morgan fingerprint density at radius 1 is 1.09 bits per heavy atom. The number of ether oxygens (including phenoxy) is 1. The van der Waals surface area contributed by atoms with Crippen LogP contribution in [0.1, 0.15) is 42.8 Å². The van der Waals surface area contributed by atoms with Gasteiger partial charge in [0.05, 0.1) is 6.04 Å². The molecule has 1 atom stereocenters. The number of thiophene rings is 1. The molecule has 2 amide bonds. The molecule has 4 rings (SSSR count). The number of benzene rings is 2. The van der Waals surface area contributed by atoms with Gasteiger partial charge in [-0.15, -0.1) is 11.3 Å². The summed E-state index contributed by atoms with van der Waals surface area (Å²) in [5.41, 5.74) is 1.72. The molecule has 0 radical (unpaired) electrons. The molecule has 178 valence electrons. The van der Waals surface area contributed by atoms with E-state index < -0.39 is 5.54 Å². The Bertz CT molecular complexity index is 1140. The van der Waals surface area contributed by atoms with Crippen molar-refractivity contribution >= 4 is 34.8 Å². The van der Waals surface area contributed by atoms with Crippen molar-refractivity contribution in [1.29, 1.82) is 0 Å². The summed E-state index contributed by atoms with van der Waals surface area (Å²) in [5, 5.41) is 2.69. The first kappa shape index (κ1) is 24.3. The fourth-order valence-electron chi connectivity index (χ4n) is 4.26. The van der Waals surface area contributed by atoms with Crippen molar-refractivity contribution in [1.82, 2.24) is 9.80 Å². The summed E-state index contributed by atoms with van der Waals surface area (Å²) in [4.78, 5) is 31.7. The molecule has 1 aliphatic rings. The third-order valence-corrected chi connectivity index (χ3v) is 7.23. The van der Waals surface area contributed by atoms with E-state index in [1.165, 1.54) is 10.4 Å². The van der Waals surface area contributed by atoms with Gasteiger partial charge in [-0.05, 0) is 74.0 Å². The minimum absolute atomic E-state index is 0.00485. The fourth-order valence-corrected chi connectivity index (χ4v) is 5.29. The van der Waals surface area contributed by atoms with Crippen molar-refractivity contribution in [2.24, 2.45) is 0 Å². The van der Waals surface area contributed by atoms with Gasteiger partial charge in [-0.2, -0.15) is 0 Å². The predicted octanol–water partition coefficient (Wildman–Crippen LogP) is 5.58. The second kappa shape index (κ2) is 10.2. The molecule has 34 heavy (non-hydrogen) atoms. The van der Waals surface area contributed by atoms with E-state index in [4.69, 9.17) is 16.3 Å². The lowest BCUT2D eigenvalue weighted by molar-refractivity contribution is -0.147. The third-order valence-electron chi connectivity index (χ3n) is 5.98. The Labute approximate surface area is 209 Å². The third kappa shape index (κ3) is 5.45. The molecule has 1 aromatic heterocycles. The Hall–Kier alpha value is -2.83. The molecule has 2 aromatic carbocycles. The van der Waals surface area contributed by atoms with Crippen LogP contribution in [0.2, 0.25) is 5.02 Å². The van der Waals surface area contributed by atoms with Crippen LogP contribution in [0.5, 0.6) is 5.75 Å². The lowest BCUT2D eigenvalue weighted by atomic mass is 9.93. The smallest absolute Gasteiger partial charge is 0.261 e. The van der Waals surface area contributed by atoms with Crippen molar-refractivity contribution in [3.63, 3.8) is 0 Å². The van der Waals surface area contributed by atoms with Crippen molar-refractivity contribution in [3.8, 4) is 5.75 Å². The van der Waals surface area contributed by atoms with Crippen LogP contribution in [0.3, 0.4) is 0 Å². The molecular weight excluding hydrogens is 468 g/mol. The van der Waals surface area contributed by atoms with E-state index in [1.54, 1.807) is 40.5 Å². The van der Waals surface area contributed by atoms with Crippen LogP contribution in [0.25, 0.3) is 0 Å². The largest absolute Gasteiger partial charge is 0.484 e. The van der Waals surface area contributed by atoms with E-state index in [0.29, 0.717) is 17.3 Å². The monoisotopic (exact) mass is 496 g/mol. The molecule has 0 saturated heterocycles. The first-order chi connectivity index (χ1) is 16.2. The predicted molar refractivity (Wildman–Crippen MR) is 136 cm³/mol. The van der Waals surface area contributed by atoms with Crippen molar-refractivity contribution in [3.05, 3.63) is 87.1 Å². The van der Waals surface area contributed by atoms with Crippen LogP contribution in [0.4, 0.5) is 0 Å². The SMILES string of the molecule is CC(C)(C)N(CC(=O)N1CCc2sccc2C1c1ccccc1)C(=O)COc1ccc(Cl)cc1. The van der Waals surface area contributed by atoms with Gasteiger partial charge in [0.15, 0.2) is 6.61 Å². The van der Waals surface area contributed by atoms with Gasteiger partial charge < -0.3 is 14.5 Å². The molecule has 1 aliphatic heterocycles. The highest BCUT2D eigenvalue weighted by molar-refractivity contribution is 7.10. The summed E-state index contributed by atoms with van der Waals surface area (Å²) in [5.74, 6) is 0.254. The van der Waals surface area contributed by atoms with E-state index >= 15 is 0 Å². The van der Waals surface area contributed by atoms with Crippen molar-refractivity contribution < 1.29 is 14.3 Å². The summed E-state index contributed by atoms with van der Waals surface area (Å²) in [6.07, 6.45) is 0.825. The van der Waals surface area contributed by atoms with Gasteiger partial charge in [0, 0.05) is 22.0 Å². The minimum Gasteiger partial charge on any atom is -0.484 e. The van der Waals surface area contributed by atoms with Crippen molar-refractivity contribution in [2.45, 2.75) is 38.8 Å². The number of hydrogen-bond donors (Lipinski definition) is 0. The summed E-state index contributed by atoms with van der Waals surface area (Å²) >= 11 is 7.66. The van der Waals surface area contributed by atoms with Gasteiger partial charge in [-0.25, -0.2) is 0 Å². The van der Waals surface area contributed by atoms with Gasteiger partial charge in [-0.3, -0.25) is 9.59 Å². The Morgan fingerprint density at radius 3 is 2.47 bits per heavy atom. The fraction of sp³-hybridized carbons (Fsp3) is 0.333. The highest BCUT2D eigenvalue weighted by Gasteiger charge is 2.36. The molecule has 0 bridgehead atoms. The molecule has 2 heterocycles. The number of halogens is 1. The number of carbonyl (C=O) groups is 2. The second-order valence-electron chi connectivity index (χ2n) is 9.34. The summed E-state index contributed by atoms with van der Waals surface area (Å²) < 4.78 is 5.68. The summed E-state index contributed by atoms with van der Waals surface area (Å²) in [6, 6.07) is 18.9. The minimum atomic E-state index is -0.540. The van der Waals surface area contributed by atoms with Gasteiger partial charge in [-0.1, -0.05) is 41.9 Å². The zero-order valence-electron chi connectivity index (χ0n) is 19.7. The second-order valence-corrected chi connectivity index (χ2v) is 10.8. The van der Waals surface area contributed by atoms with Crippen molar-refractivity contribution in [2.75, 3.05) is 19.7 Å². The summed E-state index contributed by atoms with van der Waals surface area (Å²) in [6.45, 7) is 6.27. The van der Waals surface area contributed by atoms with Crippen LogP contribution in [0.15, 0.2) is 66.0 Å². The molecule has 0 N–H and O–H groups in total. The molecule has 3 aromatic rings. The van der Waals surface area contributed by atoms with Crippen LogP contribution < -0.4 is 4.74 Å². The molecule has 0 fully saturated rings. The van der Waals surface area contributed by atoms with E-state index in [2.05, 4.69) is 23.6 Å². The number of nitrogens with zero attached hydrogens (tertiary/aromatic N) is 2. The number of carbonyl (C=O) groups excluding carboxylic acids is 2. The Kier molecular flexibility index (Phi) is 7.29. The number of rotatable bonds is 6. The lowest BCUT2D eigenvalue weighted by Gasteiger charge is -2.40. The van der Waals surface area contributed by atoms with E-state index in [-0.39, 0.29) is 31.0 Å². The molecule has 0 saturated carbocycles. The average Bonchev–Trinajstić information content (AvgIpc) is 3.30. The Morgan fingerprint density at radius 2 is 1.79 bits per heavy atom. The van der Waals surface area contributed by atoms with Crippen LogP contribution in [-0.2, 0) is 16.0 Å². The maximum Gasteiger partial charge on any atom is 0.261 e. The average molecular weight is 497 g/mol. The number of fused-ring (bicyclic) bond motifs is 1. The van der Waals surface area contributed by atoms with Gasteiger partial charge >= 0.3 is 0 Å². The Balaban J connectivity index is 1.52. The molecule has 1 unspecified atom stereocenters. The van der Waals surface area contributed by atoms with E-state index in [0.717, 1.165) is 12.0 Å². The highest BCUT2D eigenvalue weighted by atomic mass is 35.5. The number of amides is 2. The van der Waals surface area contributed by atoms with Crippen LogP contribution >= 0.6 is 22.9 Å². The maximum atomic E-state index is 13.7. The maximum absolute atomic E-state index is 13.7. The first-order valence-corrected chi connectivity index (χ1v) is 12.6. The van der Waals surface area contributed by atoms with Crippen LogP contribution in [0, 0.1) is 0 Å². The topological polar surface area (TPSA) is 49.9 Å². The quantitative estimate of drug-likeness (QED) is 0.447. The molecule has 0 aliphatic carbocycles. The molecule has 7 heteroatoms. The van der Waals surface area contributed by atoms with Crippen LogP contribution in [-0.4, -0.2) is 46.8 Å². The molecule has 5 nitrogen and oxygen atoms in total.